The molecule has 0 aromatic heterocycles. The van der Waals surface area contributed by atoms with Crippen LogP contribution in [0.2, 0.25) is 0 Å². The summed E-state index contributed by atoms with van der Waals surface area (Å²) < 4.78 is 0. The zero-order valence-corrected chi connectivity index (χ0v) is 6.92. The Morgan fingerprint density at radius 2 is 2.08 bits per heavy atom. The molecule has 0 aliphatic heterocycles. The molecule has 0 amide bonds. The summed E-state index contributed by atoms with van der Waals surface area (Å²) in [5.74, 6) is 0. The second kappa shape index (κ2) is 3.05. The summed E-state index contributed by atoms with van der Waals surface area (Å²) in [6, 6.07) is 6.25. The standard InChI is InChI=1S/C10H11NO/c12-11-7-8-4-5-9-2-1-3-10(9)6-8/h4-6H,1-3,7H2. The summed E-state index contributed by atoms with van der Waals surface area (Å²) >= 11 is 0. The molecule has 0 spiro atoms. The first-order valence-electron chi connectivity index (χ1n) is 4.30. The van der Waals surface area contributed by atoms with Crippen LogP contribution in [-0.2, 0) is 19.4 Å². The first kappa shape index (κ1) is 7.47. The molecule has 0 fully saturated rings. The topological polar surface area (TPSA) is 29.4 Å². The van der Waals surface area contributed by atoms with E-state index in [0.717, 1.165) is 5.56 Å². The molecule has 1 aliphatic carbocycles. The molecule has 0 saturated carbocycles. The molecule has 0 radical (unpaired) electrons. The van der Waals surface area contributed by atoms with Crippen LogP contribution in [0.3, 0.4) is 0 Å². The molecule has 0 N–H and O–H groups in total. The molecule has 1 aromatic carbocycles. The molecule has 0 saturated heterocycles. The fourth-order valence-electron chi connectivity index (χ4n) is 1.80. The maximum absolute atomic E-state index is 10.0. The van der Waals surface area contributed by atoms with Gasteiger partial charge >= 0.3 is 0 Å². The zero-order chi connectivity index (χ0) is 8.39. The van der Waals surface area contributed by atoms with Crippen molar-refractivity contribution in [1.82, 2.24) is 0 Å². The number of aryl methyl sites for hydroxylation is 2. The van der Waals surface area contributed by atoms with Crippen LogP contribution in [0.25, 0.3) is 0 Å². The van der Waals surface area contributed by atoms with Crippen molar-refractivity contribution in [2.75, 3.05) is 0 Å². The highest BCUT2D eigenvalue weighted by atomic mass is 16.3. The molecule has 0 atom stereocenters. The summed E-state index contributed by atoms with van der Waals surface area (Å²) in [6.45, 7) is 0.313. The highest BCUT2D eigenvalue weighted by Crippen LogP contribution is 2.22. The minimum absolute atomic E-state index is 0.313. The molecule has 0 bridgehead atoms. The summed E-state index contributed by atoms with van der Waals surface area (Å²) in [5.41, 5.74) is 3.91. The molecular weight excluding hydrogens is 150 g/mol. The van der Waals surface area contributed by atoms with Crippen LogP contribution in [0.1, 0.15) is 23.1 Å². The van der Waals surface area contributed by atoms with Gasteiger partial charge in [-0.05, 0) is 36.0 Å². The van der Waals surface area contributed by atoms with E-state index in [1.54, 1.807) is 0 Å². The molecule has 1 aliphatic rings. The van der Waals surface area contributed by atoms with Crippen molar-refractivity contribution in [3.8, 4) is 0 Å². The molecular formula is C10H11NO. The Hall–Kier alpha value is -1.18. The largest absolute Gasteiger partial charge is 0.150 e. The predicted molar refractivity (Wildman–Crippen MR) is 48.0 cm³/mol. The molecule has 1 aromatic rings. The van der Waals surface area contributed by atoms with Crippen LogP contribution in [0.5, 0.6) is 0 Å². The fraction of sp³-hybridized carbons (Fsp3) is 0.400. The normalized spacial score (nSPS) is 14.3. The zero-order valence-electron chi connectivity index (χ0n) is 6.92. The van der Waals surface area contributed by atoms with Gasteiger partial charge in [-0.1, -0.05) is 23.4 Å². The van der Waals surface area contributed by atoms with Crippen molar-refractivity contribution in [2.45, 2.75) is 25.8 Å². The number of fused-ring (bicyclic) bond motifs is 1. The minimum atomic E-state index is 0.313. The molecule has 62 valence electrons. The molecule has 2 rings (SSSR count). The van der Waals surface area contributed by atoms with Gasteiger partial charge in [0, 0.05) is 0 Å². The number of rotatable bonds is 2. The van der Waals surface area contributed by atoms with Crippen molar-refractivity contribution >= 4 is 0 Å². The quantitative estimate of drug-likeness (QED) is 0.612. The third-order valence-electron chi connectivity index (χ3n) is 2.41. The van der Waals surface area contributed by atoms with E-state index in [1.807, 2.05) is 6.07 Å². The van der Waals surface area contributed by atoms with Gasteiger partial charge < -0.3 is 0 Å². The van der Waals surface area contributed by atoms with Gasteiger partial charge in [-0.3, -0.25) is 0 Å². The second-order valence-electron chi connectivity index (χ2n) is 3.24. The van der Waals surface area contributed by atoms with Gasteiger partial charge in [-0.2, -0.15) is 4.91 Å². The van der Waals surface area contributed by atoms with Gasteiger partial charge in [0.15, 0.2) is 0 Å². The molecule has 2 nitrogen and oxygen atoms in total. The monoisotopic (exact) mass is 161 g/mol. The van der Waals surface area contributed by atoms with Gasteiger partial charge in [-0.15, -0.1) is 0 Å². The smallest absolute Gasteiger partial charge is 0.106 e. The average molecular weight is 161 g/mol. The maximum Gasteiger partial charge on any atom is 0.106 e. The maximum atomic E-state index is 10.0. The minimum Gasteiger partial charge on any atom is -0.150 e. The van der Waals surface area contributed by atoms with E-state index in [4.69, 9.17) is 0 Å². The van der Waals surface area contributed by atoms with Gasteiger partial charge in [0.25, 0.3) is 0 Å². The lowest BCUT2D eigenvalue weighted by atomic mass is 10.1. The van der Waals surface area contributed by atoms with E-state index in [9.17, 15) is 4.91 Å². The van der Waals surface area contributed by atoms with Gasteiger partial charge in [-0.25, -0.2) is 0 Å². The Labute approximate surface area is 71.6 Å². The van der Waals surface area contributed by atoms with Crippen molar-refractivity contribution < 1.29 is 0 Å². The van der Waals surface area contributed by atoms with Crippen LogP contribution >= 0.6 is 0 Å². The highest BCUT2D eigenvalue weighted by Gasteiger charge is 2.10. The number of benzene rings is 1. The lowest BCUT2D eigenvalue weighted by molar-refractivity contribution is 0.911. The Morgan fingerprint density at radius 3 is 2.92 bits per heavy atom. The predicted octanol–water partition coefficient (Wildman–Crippen LogP) is 2.44. The van der Waals surface area contributed by atoms with Crippen molar-refractivity contribution in [2.24, 2.45) is 5.18 Å². The Bertz CT molecular complexity index is 307. The second-order valence-corrected chi connectivity index (χ2v) is 3.24. The van der Waals surface area contributed by atoms with Crippen molar-refractivity contribution in [1.29, 1.82) is 0 Å². The van der Waals surface area contributed by atoms with E-state index in [0.29, 0.717) is 6.54 Å². The third kappa shape index (κ3) is 1.24. The summed E-state index contributed by atoms with van der Waals surface area (Å²) in [5, 5.41) is 2.88. The number of hydrogen-bond donors (Lipinski definition) is 0. The molecule has 0 unspecified atom stereocenters. The summed E-state index contributed by atoms with van der Waals surface area (Å²) in [6.07, 6.45) is 3.62. The average Bonchev–Trinajstić information content (AvgIpc) is 2.51. The summed E-state index contributed by atoms with van der Waals surface area (Å²) in [7, 11) is 0. The van der Waals surface area contributed by atoms with Gasteiger partial charge in [0.05, 0.1) is 0 Å². The van der Waals surface area contributed by atoms with Crippen LogP contribution < -0.4 is 0 Å². The SMILES string of the molecule is O=NCc1ccc2c(c1)CCC2. The van der Waals surface area contributed by atoms with E-state index in [-0.39, 0.29) is 0 Å². The van der Waals surface area contributed by atoms with E-state index in [1.165, 1.54) is 30.4 Å². The number of nitrogens with zero attached hydrogens (tertiary/aromatic N) is 1. The van der Waals surface area contributed by atoms with Gasteiger partial charge in [0.2, 0.25) is 0 Å². The van der Waals surface area contributed by atoms with Crippen LogP contribution in [0.4, 0.5) is 0 Å². The Kier molecular flexibility index (Phi) is 1.90. The van der Waals surface area contributed by atoms with Gasteiger partial charge in [0.1, 0.15) is 6.54 Å². The lowest BCUT2D eigenvalue weighted by Gasteiger charge is -2.00. The number of hydrogen-bond acceptors (Lipinski definition) is 2. The van der Waals surface area contributed by atoms with E-state index in [2.05, 4.69) is 17.3 Å². The Balaban J connectivity index is 2.32. The molecule has 2 heteroatoms. The first-order chi connectivity index (χ1) is 5.90. The highest BCUT2D eigenvalue weighted by molar-refractivity contribution is 5.35. The van der Waals surface area contributed by atoms with E-state index >= 15 is 0 Å². The molecule has 12 heavy (non-hydrogen) atoms. The summed E-state index contributed by atoms with van der Waals surface area (Å²) in [4.78, 5) is 10.0. The first-order valence-corrected chi connectivity index (χ1v) is 4.30. The fourth-order valence-corrected chi connectivity index (χ4v) is 1.80. The van der Waals surface area contributed by atoms with Crippen LogP contribution in [-0.4, -0.2) is 0 Å². The van der Waals surface area contributed by atoms with Crippen LogP contribution in [0.15, 0.2) is 23.4 Å². The Morgan fingerprint density at radius 1 is 1.25 bits per heavy atom. The van der Waals surface area contributed by atoms with Crippen LogP contribution in [0, 0.1) is 4.91 Å². The lowest BCUT2D eigenvalue weighted by Crippen LogP contribution is -1.86. The molecule has 0 heterocycles. The number of nitroso groups, excluding NO2 is 1. The third-order valence-corrected chi connectivity index (χ3v) is 2.41. The van der Waals surface area contributed by atoms with E-state index < -0.39 is 0 Å². The van der Waals surface area contributed by atoms with Crippen molar-refractivity contribution in [3.05, 3.63) is 39.8 Å². The van der Waals surface area contributed by atoms with Crippen molar-refractivity contribution in [3.63, 3.8) is 0 Å².